The highest BCUT2D eigenvalue weighted by Crippen LogP contribution is 2.29. The summed E-state index contributed by atoms with van der Waals surface area (Å²) >= 11 is 5.98. The predicted octanol–water partition coefficient (Wildman–Crippen LogP) is 4.24. The molecule has 0 radical (unpaired) electrons. The van der Waals surface area contributed by atoms with E-state index in [9.17, 15) is 18.4 Å². The zero-order valence-corrected chi connectivity index (χ0v) is 16.2. The first-order chi connectivity index (χ1) is 13.8. The number of nitrogens with one attached hydrogen (secondary N) is 1. The molecule has 2 aromatic rings. The molecule has 0 saturated carbocycles. The van der Waals surface area contributed by atoms with Crippen LogP contribution in [0, 0.1) is 11.6 Å². The SMILES string of the molecule is CC(CNc1ccc(CC(=O)O)c(F)c1F)N1CC(c2cccc(Cl)c2)OC1=O. The molecule has 2 unspecified atom stereocenters. The van der Waals surface area contributed by atoms with E-state index in [4.69, 9.17) is 21.4 Å². The lowest BCUT2D eigenvalue weighted by Crippen LogP contribution is -2.38. The first-order valence-electron chi connectivity index (χ1n) is 8.91. The molecule has 1 aliphatic heterocycles. The Morgan fingerprint density at radius 3 is 2.79 bits per heavy atom. The molecule has 2 atom stereocenters. The number of anilines is 1. The number of hydrogen-bond donors (Lipinski definition) is 2. The van der Waals surface area contributed by atoms with Crippen LogP contribution < -0.4 is 5.32 Å². The highest BCUT2D eigenvalue weighted by molar-refractivity contribution is 6.30. The smallest absolute Gasteiger partial charge is 0.410 e. The molecule has 0 bridgehead atoms. The Morgan fingerprint density at radius 2 is 2.10 bits per heavy atom. The van der Waals surface area contributed by atoms with Crippen molar-refractivity contribution in [1.82, 2.24) is 4.90 Å². The molecule has 1 heterocycles. The summed E-state index contributed by atoms with van der Waals surface area (Å²) in [6, 6.07) is 9.16. The van der Waals surface area contributed by atoms with Crippen molar-refractivity contribution in [3.8, 4) is 0 Å². The van der Waals surface area contributed by atoms with Gasteiger partial charge in [0.2, 0.25) is 0 Å². The van der Waals surface area contributed by atoms with Crippen molar-refractivity contribution in [3.63, 3.8) is 0 Å². The van der Waals surface area contributed by atoms with Crippen LogP contribution in [0.3, 0.4) is 0 Å². The van der Waals surface area contributed by atoms with Crippen molar-refractivity contribution < 1.29 is 28.2 Å². The van der Waals surface area contributed by atoms with Crippen molar-refractivity contribution in [3.05, 3.63) is 64.2 Å². The van der Waals surface area contributed by atoms with Gasteiger partial charge in [-0.3, -0.25) is 9.69 Å². The fourth-order valence-electron chi connectivity index (χ4n) is 3.11. The van der Waals surface area contributed by atoms with Crippen LogP contribution in [0.5, 0.6) is 0 Å². The van der Waals surface area contributed by atoms with Gasteiger partial charge in [0.1, 0.15) is 6.10 Å². The van der Waals surface area contributed by atoms with Crippen molar-refractivity contribution in [2.24, 2.45) is 0 Å². The predicted molar refractivity (Wildman–Crippen MR) is 103 cm³/mol. The van der Waals surface area contributed by atoms with Crippen LogP contribution in [0.25, 0.3) is 0 Å². The monoisotopic (exact) mass is 424 g/mol. The summed E-state index contributed by atoms with van der Waals surface area (Å²) in [7, 11) is 0. The fourth-order valence-corrected chi connectivity index (χ4v) is 3.31. The Kier molecular flexibility index (Phi) is 6.22. The Morgan fingerprint density at radius 1 is 1.34 bits per heavy atom. The third-order valence-corrected chi connectivity index (χ3v) is 4.92. The van der Waals surface area contributed by atoms with Crippen LogP contribution in [0.4, 0.5) is 19.3 Å². The average molecular weight is 425 g/mol. The molecule has 0 aromatic heterocycles. The van der Waals surface area contributed by atoms with Gasteiger partial charge in [0, 0.05) is 23.2 Å². The van der Waals surface area contributed by atoms with Gasteiger partial charge >= 0.3 is 12.1 Å². The molecule has 29 heavy (non-hydrogen) atoms. The van der Waals surface area contributed by atoms with Gasteiger partial charge in [0.25, 0.3) is 0 Å². The van der Waals surface area contributed by atoms with E-state index in [2.05, 4.69) is 5.32 Å². The molecule has 0 aliphatic carbocycles. The molecule has 3 rings (SSSR count). The molecular weight excluding hydrogens is 406 g/mol. The zero-order valence-electron chi connectivity index (χ0n) is 15.5. The molecule has 1 aliphatic rings. The molecule has 2 N–H and O–H groups in total. The lowest BCUT2D eigenvalue weighted by atomic mass is 10.1. The third-order valence-electron chi connectivity index (χ3n) is 4.68. The van der Waals surface area contributed by atoms with Crippen LogP contribution in [-0.4, -0.2) is 41.2 Å². The number of carboxylic acids is 1. The average Bonchev–Trinajstić information content (AvgIpc) is 3.06. The summed E-state index contributed by atoms with van der Waals surface area (Å²) in [5.74, 6) is -3.61. The molecule has 1 saturated heterocycles. The van der Waals surface area contributed by atoms with Gasteiger partial charge in [0.15, 0.2) is 11.6 Å². The van der Waals surface area contributed by atoms with E-state index in [1.807, 2.05) is 6.07 Å². The summed E-state index contributed by atoms with van der Waals surface area (Å²) in [6.45, 7) is 2.20. The second-order valence-corrected chi connectivity index (χ2v) is 7.22. The van der Waals surface area contributed by atoms with Gasteiger partial charge in [-0.15, -0.1) is 0 Å². The Hall–Kier alpha value is -2.87. The summed E-state index contributed by atoms with van der Waals surface area (Å²) in [4.78, 5) is 24.4. The molecular formula is C20H19ClF2N2O4. The van der Waals surface area contributed by atoms with E-state index >= 15 is 0 Å². The largest absolute Gasteiger partial charge is 0.481 e. The maximum absolute atomic E-state index is 14.2. The van der Waals surface area contributed by atoms with Gasteiger partial charge in [-0.05, 0) is 30.7 Å². The quantitative estimate of drug-likeness (QED) is 0.695. The van der Waals surface area contributed by atoms with E-state index in [0.717, 1.165) is 5.56 Å². The van der Waals surface area contributed by atoms with Gasteiger partial charge in [-0.25, -0.2) is 13.6 Å². The number of nitrogens with zero attached hydrogens (tertiary/aromatic N) is 1. The minimum atomic E-state index is -1.25. The number of halogens is 3. The second kappa shape index (κ2) is 8.65. The highest BCUT2D eigenvalue weighted by Gasteiger charge is 2.35. The number of rotatable bonds is 7. The maximum Gasteiger partial charge on any atom is 0.410 e. The lowest BCUT2D eigenvalue weighted by Gasteiger charge is -2.23. The normalized spacial score (nSPS) is 17.2. The summed E-state index contributed by atoms with van der Waals surface area (Å²) in [5.41, 5.74) is 0.430. The van der Waals surface area contributed by atoms with Crippen molar-refractivity contribution in [1.29, 1.82) is 0 Å². The third kappa shape index (κ3) is 4.76. The van der Waals surface area contributed by atoms with E-state index < -0.39 is 36.2 Å². The Bertz CT molecular complexity index is 941. The Labute approximate surface area is 171 Å². The fraction of sp³-hybridized carbons (Fsp3) is 0.300. The molecule has 1 fully saturated rings. The van der Waals surface area contributed by atoms with Crippen molar-refractivity contribution in [2.45, 2.75) is 25.5 Å². The number of aliphatic carboxylic acids is 1. The Balaban J connectivity index is 1.63. The van der Waals surface area contributed by atoms with E-state index in [1.165, 1.54) is 17.0 Å². The minimum absolute atomic E-state index is 0.109. The van der Waals surface area contributed by atoms with Gasteiger partial charge in [-0.2, -0.15) is 0 Å². The first kappa shape index (κ1) is 20.9. The number of amides is 1. The standard InChI is InChI=1S/C20H19ClF2N2O4/c1-11(9-24-15-6-5-13(8-17(26)27)18(22)19(15)23)25-10-16(29-20(25)28)12-3-2-4-14(21)7-12/h2-7,11,16,24H,8-10H2,1H3,(H,26,27). The molecule has 2 aromatic carbocycles. The van der Waals surface area contributed by atoms with E-state index in [1.54, 1.807) is 25.1 Å². The molecule has 1 amide bonds. The zero-order chi connectivity index (χ0) is 21.1. The van der Waals surface area contributed by atoms with E-state index in [0.29, 0.717) is 11.6 Å². The molecule has 0 spiro atoms. The first-order valence-corrected chi connectivity index (χ1v) is 9.29. The summed E-state index contributed by atoms with van der Waals surface area (Å²) < 4.78 is 33.6. The topological polar surface area (TPSA) is 78.9 Å². The molecule has 6 nitrogen and oxygen atoms in total. The van der Waals surface area contributed by atoms with Crippen molar-refractivity contribution in [2.75, 3.05) is 18.4 Å². The second-order valence-electron chi connectivity index (χ2n) is 6.78. The highest BCUT2D eigenvalue weighted by atomic mass is 35.5. The van der Waals surface area contributed by atoms with Gasteiger partial charge in [-0.1, -0.05) is 29.8 Å². The summed E-state index contributed by atoms with van der Waals surface area (Å²) in [6.07, 6.45) is -1.58. The van der Waals surface area contributed by atoms with Crippen LogP contribution in [0.2, 0.25) is 5.02 Å². The number of benzene rings is 2. The maximum atomic E-state index is 14.2. The molecule has 9 heteroatoms. The number of carbonyl (C=O) groups excluding carboxylic acids is 1. The lowest BCUT2D eigenvalue weighted by molar-refractivity contribution is -0.136. The van der Waals surface area contributed by atoms with Crippen molar-refractivity contribution >= 4 is 29.4 Å². The minimum Gasteiger partial charge on any atom is -0.481 e. The van der Waals surface area contributed by atoms with Gasteiger partial charge < -0.3 is 15.2 Å². The van der Waals surface area contributed by atoms with Crippen LogP contribution >= 0.6 is 11.6 Å². The number of ether oxygens (including phenoxy) is 1. The summed E-state index contributed by atoms with van der Waals surface area (Å²) in [5, 5.41) is 12.0. The number of cyclic esters (lactones) is 1. The van der Waals surface area contributed by atoms with E-state index in [-0.39, 0.29) is 23.8 Å². The number of carbonyl (C=O) groups is 2. The number of carboxylic acid groups (broad SMARTS) is 1. The van der Waals surface area contributed by atoms with Crippen LogP contribution in [-0.2, 0) is 16.0 Å². The number of hydrogen-bond acceptors (Lipinski definition) is 4. The van der Waals surface area contributed by atoms with Crippen LogP contribution in [0.15, 0.2) is 36.4 Å². The molecule has 154 valence electrons. The van der Waals surface area contributed by atoms with Gasteiger partial charge in [0.05, 0.1) is 18.7 Å². The van der Waals surface area contributed by atoms with Crippen LogP contribution in [0.1, 0.15) is 24.2 Å².